The molecule has 0 unspecified atom stereocenters. The number of rotatable bonds is 2. The lowest BCUT2D eigenvalue weighted by molar-refractivity contribution is 0.815. The van der Waals surface area contributed by atoms with E-state index in [0.717, 1.165) is 5.69 Å². The molecule has 2 rings (SSSR count). The van der Waals surface area contributed by atoms with Gasteiger partial charge >= 0.3 is 0 Å². The van der Waals surface area contributed by atoms with Crippen LogP contribution in [-0.2, 0) is 0 Å². The minimum atomic E-state index is 0.302. The van der Waals surface area contributed by atoms with Crippen LogP contribution in [0.5, 0.6) is 0 Å². The molecule has 2 aromatic rings. The van der Waals surface area contributed by atoms with Crippen molar-refractivity contribution in [3.63, 3.8) is 0 Å². The van der Waals surface area contributed by atoms with Crippen LogP contribution in [0, 0.1) is 0 Å². The van der Waals surface area contributed by atoms with Crippen LogP contribution in [0.4, 0.5) is 0 Å². The van der Waals surface area contributed by atoms with Crippen molar-refractivity contribution < 1.29 is 0 Å². The van der Waals surface area contributed by atoms with E-state index in [0.29, 0.717) is 22.6 Å². The van der Waals surface area contributed by atoms with Gasteiger partial charge in [-0.25, -0.2) is 9.97 Å². The van der Waals surface area contributed by atoms with Gasteiger partial charge in [-0.15, -0.1) is 0 Å². The maximum Gasteiger partial charge on any atom is 0.183 e. The molecule has 0 amide bonds. The molecule has 0 aromatic carbocycles. The van der Waals surface area contributed by atoms with Crippen LogP contribution >= 0.6 is 11.6 Å². The number of hydrogen-bond acceptors (Lipinski definition) is 4. The van der Waals surface area contributed by atoms with Crippen molar-refractivity contribution in [1.82, 2.24) is 25.4 Å². The second-order valence-electron chi connectivity index (χ2n) is 3.45. The molecule has 0 fully saturated rings. The van der Waals surface area contributed by atoms with Crippen LogP contribution in [0.2, 0.25) is 5.15 Å². The van der Waals surface area contributed by atoms with Gasteiger partial charge in [0.1, 0.15) is 10.8 Å². The quantitative estimate of drug-likeness (QED) is 0.792. The highest BCUT2D eigenvalue weighted by Crippen LogP contribution is 2.19. The molecular weight excluding hydrogens is 214 g/mol. The van der Waals surface area contributed by atoms with Crippen LogP contribution in [0.3, 0.4) is 0 Å². The van der Waals surface area contributed by atoms with Crippen LogP contribution < -0.4 is 0 Å². The van der Waals surface area contributed by atoms with Crippen LogP contribution in [0.15, 0.2) is 12.3 Å². The molecule has 0 saturated heterocycles. The number of halogens is 1. The second-order valence-corrected chi connectivity index (χ2v) is 3.84. The van der Waals surface area contributed by atoms with E-state index in [9.17, 15) is 0 Å². The Morgan fingerprint density at radius 3 is 2.73 bits per heavy atom. The van der Waals surface area contributed by atoms with Crippen molar-refractivity contribution >= 4 is 11.6 Å². The van der Waals surface area contributed by atoms with Gasteiger partial charge in [0.2, 0.25) is 0 Å². The van der Waals surface area contributed by atoms with E-state index in [4.69, 9.17) is 11.6 Å². The van der Waals surface area contributed by atoms with Gasteiger partial charge in [-0.05, 0) is 12.0 Å². The second kappa shape index (κ2) is 3.94. The van der Waals surface area contributed by atoms with E-state index >= 15 is 0 Å². The zero-order chi connectivity index (χ0) is 10.8. The van der Waals surface area contributed by atoms with Gasteiger partial charge in [-0.2, -0.15) is 15.4 Å². The van der Waals surface area contributed by atoms with Gasteiger partial charge in [0.25, 0.3) is 0 Å². The summed E-state index contributed by atoms with van der Waals surface area (Å²) in [5.74, 6) is 0.802. The SMILES string of the molecule is CC(C)c1cc(Cl)nc(-c2cn[nH]n2)n1. The summed E-state index contributed by atoms with van der Waals surface area (Å²) in [6.45, 7) is 4.09. The Morgan fingerprint density at radius 1 is 1.33 bits per heavy atom. The van der Waals surface area contributed by atoms with Crippen molar-refractivity contribution in [2.75, 3.05) is 0 Å². The van der Waals surface area contributed by atoms with E-state index in [2.05, 4.69) is 25.4 Å². The fourth-order valence-corrected chi connectivity index (χ4v) is 1.35. The van der Waals surface area contributed by atoms with Gasteiger partial charge < -0.3 is 0 Å². The van der Waals surface area contributed by atoms with E-state index < -0.39 is 0 Å². The maximum atomic E-state index is 5.90. The largest absolute Gasteiger partial charge is 0.231 e. The molecule has 1 N–H and O–H groups in total. The van der Waals surface area contributed by atoms with E-state index in [1.54, 1.807) is 12.3 Å². The third-order valence-corrected chi connectivity index (χ3v) is 2.14. The van der Waals surface area contributed by atoms with Gasteiger partial charge in [0.15, 0.2) is 5.82 Å². The molecule has 2 heterocycles. The van der Waals surface area contributed by atoms with Crippen molar-refractivity contribution in [3.05, 3.63) is 23.1 Å². The molecule has 0 atom stereocenters. The van der Waals surface area contributed by atoms with Crippen molar-refractivity contribution in [1.29, 1.82) is 0 Å². The Balaban J connectivity index is 2.49. The Hall–Kier alpha value is -1.49. The van der Waals surface area contributed by atoms with Crippen molar-refractivity contribution in [3.8, 4) is 11.5 Å². The van der Waals surface area contributed by atoms with Crippen LogP contribution in [0.25, 0.3) is 11.5 Å². The zero-order valence-corrected chi connectivity index (χ0v) is 9.15. The highest BCUT2D eigenvalue weighted by Gasteiger charge is 2.09. The summed E-state index contributed by atoms with van der Waals surface area (Å²) < 4.78 is 0. The number of aromatic amines is 1. The molecule has 0 aliphatic carbocycles. The molecule has 0 bridgehead atoms. The minimum Gasteiger partial charge on any atom is -0.231 e. The van der Waals surface area contributed by atoms with Crippen LogP contribution in [0.1, 0.15) is 25.5 Å². The Kier molecular flexibility index (Phi) is 2.64. The maximum absolute atomic E-state index is 5.90. The van der Waals surface area contributed by atoms with E-state index in [-0.39, 0.29) is 0 Å². The highest BCUT2D eigenvalue weighted by molar-refractivity contribution is 6.29. The summed E-state index contributed by atoms with van der Waals surface area (Å²) >= 11 is 5.90. The van der Waals surface area contributed by atoms with E-state index in [1.165, 1.54) is 0 Å². The molecule has 0 radical (unpaired) electrons. The van der Waals surface area contributed by atoms with Gasteiger partial charge in [0.05, 0.1) is 6.20 Å². The Morgan fingerprint density at radius 2 is 2.13 bits per heavy atom. The molecule has 0 saturated carbocycles. The Labute approximate surface area is 91.9 Å². The average Bonchev–Trinajstić information content (AvgIpc) is 2.69. The standard InChI is InChI=1S/C9H10ClN5/c1-5(2)6-3-8(10)13-9(12-6)7-4-11-15-14-7/h3-5H,1-2H3,(H,11,14,15). The predicted octanol–water partition coefficient (Wildman–Crippen LogP) is 2.04. The molecule has 15 heavy (non-hydrogen) atoms. The first kappa shape index (κ1) is 10.0. The van der Waals surface area contributed by atoms with Crippen molar-refractivity contribution in [2.24, 2.45) is 0 Å². The third-order valence-electron chi connectivity index (χ3n) is 1.95. The van der Waals surface area contributed by atoms with E-state index in [1.807, 2.05) is 13.8 Å². The first-order valence-corrected chi connectivity index (χ1v) is 4.95. The van der Waals surface area contributed by atoms with Gasteiger partial charge in [0, 0.05) is 5.69 Å². The first-order valence-electron chi connectivity index (χ1n) is 4.57. The lowest BCUT2D eigenvalue weighted by atomic mass is 10.1. The summed E-state index contributed by atoms with van der Waals surface area (Å²) in [5, 5.41) is 10.5. The lowest BCUT2D eigenvalue weighted by Crippen LogP contribution is -1.98. The summed E-state index contributed by atoms with van der Waals surface area (Å²) in [5.41, 5.74) is 1.49. The number of hydrogen-bond donors (Lipinski definition) is 1. The van der Waals surface area contributed by atoms with Crippen molar-refractivity contribution in [2.45, 2.75) is 19.8 Å². The fourth-order valence-electron chi connectivity index (χ4n) is 1.15. The topological polar surface area (TPSA) is 67.3 Å². The van der Waals surface area contributed by atoms with Gasteiger partial charge in [-0.1, -0.05) is 25.4 Å². The third kappa shape index (κ3) is 2.12. The Bertz CT molecular complexity index is 452. The lowest BCUT2D eigenvalue weighted by Gasteiger charge is -2.05. The fraction of sp³-hybridized carbons (Fsp3) is 0.333. The summed E-state index contributed by atoms with van der Waals surface area (Å²) in [6, 6.07) is 1.76. The molecule has 2 aromatic heterocycles. The summed E-state index contributed by atoms with van der Waals surface area (Å²) in [7, 11) is 0. The monoisotopic (exact) mass is 223 g/mol. The molecule has 5 nitrogen and oxygen atoms in total. The van der Waals surface area contributed by atoms with Crippen LogP contribution in [-0.4, -0.2) is 25.4 Å². The molecule has 0 aliphatic heterocycles. The number of nitrogens with one attached hydrogen (secondary N) is 1. The zero-order valence-electron chi connectivity index (χ0n) is 8.40. The summed E-state index contributed by atoms with van der Waals surface area (Å²) in [4.78, 5) is 8.45. The summed E-state index contributed by atoms with van der Waals surface area (Å²) in [6.07, 6.45) is 1.57. The molecule has 6 heteroatoms. The number of nitrogens with zero attached hydrogens (tertiary/aromatic N) is 4. The predicted molar refractivity (Wildman–Crippen MR) is 56.5 cm³/mol. The van der Waals surface area contributed by atoms with Gasteiger partial charge in [-0.3, -0.25) is 0 Å². The molecule has 0 spiro atoms. The molecule has 78 valence electrons. The average molecular weight is 224 g/mol. The molecule has 0 aliphatic rings. The highest BCUT2D eigenvalue weighted by atomic mass is 35.5. The number of aromatic nitrogens is 5. The smallest absolute Gasteiger partial charge is 0.183 e. The number of H-pyrrole nitrogens is 1. The minimum absolute atomic E-state index is 0.302. The first-order chi connectivity index (χ1) is 7.16. The molecular formula is C9H10ClN5. The normalized spacial score (nSPS) is 10.9.